The molecule has 1 amide bonds. The van der Waals surface area contributed by atoms with Crippen LogP contribution >= 0.6 is 0 Å². The van der Waals surface area contributed by atoms with Gasteiger partial charge in [0.05, 0.1) is 20.3 Å². The molecule has 140 valence electrons. The fourth-order valence-electron chi connectivity index (χ4n) is 2.90. The number of nitrogens with zero attached hydrogens (tertiary/aromatic N) is 2. The number of carboxylic acid groups (broad SMARTS) is 1. The molecule has 0 atom stereocenters. The molecule has 0 saturated carbocycles. The van der Waals surface area contributed by atoms with Crippen LogP contribution in [0.5, 0.6) is 5.75 Å². The quantitative estimate of drug-likeness (QED) is 0.794. The van der Waals surface area contributed by atoms with Crippen molar-refractivity contribution < 1.29 is 28.6 Å². The van der Waals surface area contributed by atoms with Crippen LogP contribution in [0.15, 0.2) is 28.7 Å². The Kier molecular flexibility index (Phi) is 5.75. The molecule has 1 fully saturated rings. The molecule has 0 bridgehead atoms. The van der Waals surface area contributed by atoms with Gasteiger partial charge in [0.2, 0.25) is 0 Å². The zero-order valence-electron chi connectivity index (χ0n) is 14.6. The predicted octanol–water partition coefficient (Wildman–Crippen LogP) is 1.30. The van der Waals surface area contributed by atoms with E-state index in [0.717, 1.165) is 18.5 Å². The van der Waals surface area contributed by atoms with Crippen LogP contribution < -0.4 is 4.74 Å². The van der Waals surface area contributed by atoms with Crippen LogP contribution in [0.3, 0.4) is 0 Å². The van der Waals surface area contributed by atoms with Crippen molar-refractivity contribution >= 4 is 22.8 Å². The van der Waals surface area contributed by atoms with Gasteiger partial charge in [0, 0.05) is 37.6 Å². The van der Waals surface area contributed by atoms with E-state index in [2.05, 4.69) is 4.90 Å². The standard InChI is InChI=1S/C18H22N2O6/c1-24-14-3-2-13-10-16(26-15(13)11-14)18(23)20(12-17(21)22)5-4-19-6-8-25-9-7-19/h2-3,10-11H,4-9,12H2,1H3,(H,21,22). The minimum absolute atomic E-state index is 0.122. The highest BCUT2D eigenvalue weighted by Crippen LogP contribution is 2.25. The van der Waals surface area contributed by atoms with Crippen LogP contribution in [-0.4, -0.2) is 79.8 Å². The van der Waals surface area contributed by atoms with E-state index in [1.54, 1.807) is 31.4 Å². The van der Waals surface area contributed by atoms with Crippen molar-refractivity contribution in [3.63, 3.8) is 0 Å². The Bertz CT molecular complexity index is 781. The van der Waals surface area contributed by atoms with E-state index in [-0.39, 0.29) is 12.3 Å². The van der Waals surface area contributed by atoms with Gasteiger partial charge in [0.1, 0.15) is 17.9 Å². The molecule has 0 unspecified atom stereocenters. The molecule has 8 nitrogen and oxygen atoms in total. The van der Waals surface area contributed by atoms with Crippen molar-refractivity contribution in [2.75, 3.05) is 53.0 Å². The Balaban J connectivity index is 1.74. The molecule has 26 heavy (non-hydrogen) atoms. The molecular formula is C18H22N2O6. The van der Waals surface area contributed by atoms with Crippen molar-refractivity contribution in [2.24, 2.45) is 0 Å². The van der Waals surface area contributed by atoms with Crippen LogP contribution in [0.4, 0.5) is 0 Å². The molecule has 0 radical (unpaired) electrons. The number of furan rings is 1. The second-order valence-electron chi connectivity index (χ2n) is 6.09. The highest BCUT2D eigenvalue weighted by atomic mass is 16.5. The van der Waals surface area contributed by atoms with Gasteiger partial charge in [-0.25, -0.2) is 0 Å². The summed E-state index contributed by atoms with van der Waals surface area (Å²) in [5, 5.41) is 9.91. The fourth-order valence-corrected chi connectivity index (χ4v) is 2.90. The molecule has 2 heterocycles. The van der Waals surface area contributed by atoms with Crippen molar-refractivity contribution in [3.8, 4) is 5.75 Å². The first-order valence-corrected chi connectivity index (χ1v) is 8.45. The van der Waals surface area contributed by atoms with Gasteiger partial charge in [-0.05, 0) is 18.2 Å². The van der Waals surface area contributed by atoms with Crippen LogP contribution in [0.2, 0.25) is 0 Å². The minimum Gasteiger partial charge on any atom is -0.497 e. The van der Waals surface area contributed by atoms with Crippen molar-refractivity contribution in [1.82, 2.24) is 9.80 Å². The van der Waals surface area contributed by atoms with Crippen molar-refractivity contribution in [1.29, 1.82) is 0 Å². The average molecular weight is 362 g/mol. The Hall–Kier alpha value is -2.58. The molecule has 0 aliphatic carbocycles. The summed E-state index contributed by atoms with van der Waals surface area (Å²) in [4.78, 5) is 27.4. The third-order valence-corrected chi connectivity index (χ3v) is 4.34. The number of benzene rings is 1. The van der Waals surface area contributed by atoms with Gasteiger partial charge in [0.15, 0.2) is 5.76 Å². The lowest BCUT2D eigenvalue weighted by molar-refractivity contribution is -0.137. The summed E-state index contributed by atoms with van der Waals surface area (Å²) in [5.41, 5.74) is 0.524. The van der Waals surface area contributed by atoms with Crippen LogP contribution in [0.25, 0.3) is 11.0 Å². The number of methoxy groups -OCH3 is 1. The van der Waals surface area contributed by atoms with Gasteiger partial charge in [0.25, 0.3) is 5.91 Å². The minimum atomic E-state index is -1.06. The van der Waals surface area contributed by atoms with Gasteiger partial charge in [-0.2, -0.15) is 0 Å². The Labute approximate surface area is 150 Å². The summed E-state index contributed by atoms with van der Waals surface area (Å²) in [6, 6.07) is 6.89. The maximum Gasteiger partial charge on any atom is 0.323 e. The number of carbonyl (C=O) groups is 2. The highest BCUT2D eigenvalue weighted by Gasteiger charge is 2.23. The van der Waals surface area contributed by atoms with Gasteiger partial charge < -0.3 is 23.9 Å². The number of ether oxygens (including phenoxy) is 2. The molecule has 1 aliphatic heterocycles. The van der Waals surface area contributed by atoms with Crippen LogP contribution in [0, 0.1) is 0 Å². The molecule has 3 rings (SSSR count). The van der Waals surface area contributed by atoms with E-state index in [9.17, 15) is 9.59 Å². The number of carbonyl (C=O) groups excluding carboxylic acids is 1. The molecule has 1 N–H and O–H groups in total. The first-order valence-electron chi connectivity index (χ1n) is 8.45. The third-order valence-electron chi connectivity index (χ3n) is 4.34. The summed E-state index contributed by atoms with van der Waals surface area (Å²) in [7, 11) is 1.55. The summed E-state index contributed by atoms with van der Waals surface area (Å²) in [6.07, 6.45) is 0. The summed E-state index contributed by atoms with van der Waals surface area (Å²) in [5.74, 6) is -0.744. The molecule has 1 aliphatic rings. The van der Waals surface area contributed by atoms with Crippen LogP contribution in [0.1, 0.15) is 10.6 Å². The number of rotatable bonds is 7. The molecule has 1 aromatic heterocycles. The molecule has 1 aromatic carbocycles. The van der Waals surface area contributed by atoms with Gasteiger partial charge in [-0.1, -0.05) is 0 Å². The first kappa shape index (κ1) is 18.2. The number of fused-ring (bicyclic) bond motifs is 1. The Morgan fingerprint density at radius 3 is 2.73 bits per heavy atom. The van der Waals surface area contributed by atoms with E-state index >= 15 is 0 Å². The van der Waals surface area contributed by atoms with Gasteiger partial charge in [-0.3, -0.25) is 14.5 Å². The third kappa shape index (κ3) is 4.33. The normalized spacial score (nSPS) is 15.1. The van der Waals surface area contributed by atoms with Gasteiger partial charge >= 0.3 is 5.97 Å². The number of amides is 1. The van der Waals surface area contributed by atoms with E-state index in [4.69, 9.17) is 19.0 Å². The number of hydrogen-bond acceptors (Lipinski definition) is 6. The fraction of sp³-hybridized carbons (Fsp3) is 0.444. The Morgan fingerprint density at radius 2 is 2.04 bits per heavy atom. The zero-order chi connectivity index (χ0) is 18.5. The number of carboxylic acids is 1. The zero-order valence-corrected chi connectivity index (χ0v) is 14.6. The first-order chi connectivity index (χ1) is 12.6. The number of aliphatic carboxylic acids is 1. The summed E-state index contributed by atoms with van der Waals surface area (Å²) in [6.45, 7) is 3.39. The van der Waals surface area contributed by atoms with Crippen molar-refractivity contribution in [3.05, 3.63) is 30.0 Å². The topological polar surface area (TPSA) is 92.5 Å². The number of morpholine rings is 1. The maximum atomic E-state index is 12.8. The lowest BCUT2D eigenvalue weighted by Crippen LogP contribution is -2.44. The van der Waals surface area contributed by atoms with Gasteiger partial charge in [-0.15, -0.1) is 0 Å². The highest BCUT2D eigenvalue weighted by molar-refractivity contribution is 5.97. The predicted molar refractivity (Wildman–Crippen MR) is 93.6 cm³/mol. The monoisotopic (exact) mass is 362 g/mol. The lowest BCUT2D eigenvalue weighted by Gasteiger charge is -2.29. The lowest BCUT2D eigenvalue weighted by atomic mass is 10.2. The molecular weight excluding hydrogens is 340 g/mol. The maximum absolute atomic E-state index is 12.8. The van der Waals surface area contributed by atoms with Crippen molar-refractivity contribution in [2.45, 2.75) is 0 Å². The molecule has 1 saturated heterocycles. The second kappa shape index (κ2) is 8.20. The number of hydrogen-bond donors (Lipinski definition) is 1. The van der Waals surface area contributed by atoms with E-state index < -0.39 is 11.9 Å². The van der Waals surface area contributed by atoms with E-state index in [1.165, 1.54) is 4.90 Å². The van der Waals surface area contributed by atoms with E-state index in [0.29, 0.717) is 37.6 Å². The van der Waals surface area contributed by atoms with Crippen LogP contribution in [-0.2, 0) is 9.53 Å². The SMILES string of the molecule is COc1ccc2cc(C(=O)N(CCN3CCOCC3)CC(=O)O)oc2c1. The Morgan fingerprint density at radius 1 is 1.27 bits per heavy atom. The van der Waals surface area contributed by atoms with E-state index in [1.807, 2.05) is 0 Å². The molecule has 0 spiro atoms. The summed E-state index contributed by atoms with van der Waals surface area (Å²) >= 11 is 0. The smallest absolute Gasteiger partial charge is 0.323 e. The summed E-state index contributed by atoms with van der Waals surface area (Å²) < 4.78 is 16.1. The molecule has 8 heteroatoms. The molecule has 2 aromatic rings. The average Bonchev–Trinajstić information content (AvgIpc) is 3.08. The second-order valence-corrected chi connectivity index (χ2v) is 6.09. The largest absolute Gasteiger partial charge is 0.497 e.